The number of nitrogens with one attached hydrogen (secondary N) is 3. The molecule has 0 unspecified atom stereocenters. The first-order chi connectivity index (χ1) is 12.4. The summed E-state index contributed by atoms with van der Waals surface area (Å²) in [6, 6.07) is 6.63. The summed E-state index contributed by atoms with van der Waals surface area (Å²) in [4.78, 5) is 42.7. The second kappa shape index (κ2) is 8.77. The molecule has 0 fully saturated rings. The van der Waals surface area contributed by atoms with Gasteiger partial charge < -0.3 is 10.6 Å². The summed E-state index contributed by atoms with van der Waals surface area (Å²) in [5.74, 6) is -1.66. The van der Waals surface area contributed by atoms with Crippen molar-refractivity contribution in [2.75, 3.05) is 16.4 Å². The van der Waals surface area contributed by atoms with Crippen LogP contribution in [0.2, 0.25) is 0 Å². The Bertz CT molecular complexity index is 921. The summed E-state index contributed by atoms with van der Waals surface area (Å²) >= 11 is 0.976. The maximum atomic E-state index is 13.0. The van der Waals surface area contributed by atoms with E-state index in [9.17, 15) is 18.8 Å². The maximum Gasteiger partial charge on any atom is 0.277 e. The highest BCUT2D eigenvalue weighted by Crippen LogP contribution is 2.20. The first-order valence-corrected chi connectivity index (χ1v) is 8.44. The second-order valence-electron chi connectivity index (χ2n) is 4.90. The van der Waals surface area contributed by atoms with Crippen LogP contribution in [0.1, 0.15) is 23.7 Å². The molecule has 26 heavy (non-hydrogen) atoms. The molecule has 1 aromatic carbocycles. The van der Waals surface area contributed by atoms with Crippen molar-refractivity contribution in [3.05, 3.63) is 46.0 Å². The predicted molar refractivity (Wildman–Crippen MR) is 94.5 cm³/mol. The Morgan fingerprint density at radius 2 is 2.00 bits per heavy atom. The van der Waals surface area contributed by atoms with Gasteiger partial charge >= 0.3 is 0 Å². The summed E-state index contributed by atoms with van der Waals surface area (Å²) in [6.45, 7) is 1.62. The molecule has 3 N–H and O–H groups in total. The number of H-pyrrole nitrogens is 1. The molecule has 1 aromatic heterocycles. The molecule has 0 saturated carbocycles. The normalized spacial score (nSPS) is 10.0. The third-order valence-corrected chi connectivity index (χ3v) is 3.84. The molecule has 134 valence electrons. The Labute approximate surface area is 151 Å². The van der Waals surface area contributed by atoms with Crippen molar-refractivity contribution in [2.24, 2.45) is 0 Å². The Balaban J connectivity index is 2.37. The van der Waals surface area contributed by atoms with Crippen molar-refractivity contribution < 1.29 is 14.0 Å². The number of amides is 2. The minimum Gasteiger partial charge on any atom is -0.314 e. The molecule has 10 heteroatoms. The average molecular weight is 375 g/mol. The van der Waals surface area contributed by atoms with Crippen LogP contribution in [0.4, 0.5) is 15.9 Å². The average Bonchev–Trinajstić information content (AvgIpc) is 2.63. The van der Waals surface area contributed by atoms with E-state index in [0.29, 0.717) is 0 Å². The van der Waals surface area contributed by atoms with Gasteiger partial charge in [0.25, 0.3) is 11.5 Å². The van der Waals surface area contributed by atoms with Crippen molar-refractivity contribution in [3.63, 3.8) is 0 Å². The van der Waals surface area contributed by atoms with Gasteiger partial charge in [0.2, 0.25) is 5.91 Å². The number of carbonyl (C=O) groups excluding carboxylic acids is 2. The summed E-state index contributed by atoms with van der Waals surface area (Å²) in [5.41, 5.74) is -0.814. The van der Waals surface area contributed by atoms with Gasteiger partial charge in [0.1, 0.15) is 5.82 Å². The van der Waals surface area contributed by atoms with E-state index in [4.69, 9.17) is 5.26 Å². The lowest BCUT2D eigenvalue weighted by molar-refractivity contribution is -0.115. The fraction of sp³-hybridized carbons (Fsp3) is 0.188. The number of rotatable bonds is 6. The molecule has 0 spiro atoms. The number of anilines is 2. The van der Waals surface area contributed by atoms with Crippen LogP contribution in [0, 0.1) is 17.1 Å². The van der Waals surface area contributed by atoms with Crippen LogP contribution in [0.25, 0.3) is 0 Å². The molecule has 0 bridgehead atoms. The van der Waals surface area contributed by atoms with Crippen LogP contribution in [-0.4, -0.2) is 27.5 Å². The van der Waals surface area contributed by atoms with Gasteiger partial charge in [0, 0.05) is 12.0 Å². The Morgan fingerprint density at radius 3 is 2.62 bits per heavy atom. The first kappa shape index (κ1) is 19.1. The minimum absolute atomic E-state index is 0.0470. The SMILES string of the molecule is CCC(=O)Nc1nc(SCC#N)[nH]c(=O)c1NC(=O)c1ccc(F)cc1. The lowest BCUT2D eigenvalue weighted by atomic mass is 10.2. The van der Waals surface area contributed by atoms with E-state index in [1.807, 2.05) is 6.07 Å². The van der Waals surface area contributed by atoms with Crippen LogP contribution in [0.15, 0.2) is 34.2 Å². The number of aromatic amines is 1. The Kier molecular flexibility index (Phi) is 6.46. The van der Waals surface area contributed by atoms with E-state index in [0.717, 1.165) is 23.9 Å². The van der Waals surface area contributed by atoms with Crippen LogP contribution in [-0.2, 0) is 4.79 Å². The molecule has 0 radical (unpaired) electrons. The standard InChI is InChI=1S/C16H14FN5O3S/c1-2-11(23)19-13-12(15(25)22-16(21-13)26-8-7-18)20-14(24)9-3-5-10(17)6-4-9/h3-6H,2,8H2,1H3,(H,20,24)(H2,19,21,22,23,25). The van der Waals surface area contributed by atoms with E-state index < -0.39 is 23.2 Å². The Morgan fingerprint density at radius 1 is 1.31 bits per heavy atom. The van der Waals surface area contributed by atoms with Gasteiger partial charge in [0.15, 0.2) is 16.7 Å². The highest BCUT2D eigenvalue weighted by Gasteiger charge is 2.17. The highest BCUT2D eigenvalue weighted by atomic mass is 32.2. The van der Waals surface area contributed by atoms with Gasteiger partial charge in [-0.25, -0.2) is 9.37 Å². The zero-order valence-electron chi connectivity index (χ0n) is 13.6. The van der Waals surface area contributed by atoms with Gasteiger partial charge in [-0.3, -0.25) is 19.4 Å². The van der Waals surface area contributed by atoms with Crippen LogP contribution in [0.5, 0.6) is 0 Å². The molecular formula is C16H14FN5O3S. The van der Waals surface area contributed by atoms with Crippen molar-refractivity contribution in [2.45, 2.75) is 18.5 Å². The molecule has 2 aromatic rings. The van der Waals surface area contributed by atoms with E-state index in [-0.39, 0.29) is 34.4 Å². The van der Waals surface area contributed by atoms with Crippen molar-refractivity contribution in [1.29, 1.82) is 5.26 Å². The summed E-state index contributed by atoms with van der Waals surface area (Å²) in [6.07, 6.45) is 0.139. The summed E-state index contributed by atoms with van der Waals surface area (Å²) in [7, 11) is 0. The van der Waals surface area contributed by atoms with Gasteiger partial charge in [-0.2, -0.15) is 5.26 Å². The van der Waals surface area contributed by atoms with Crippen molar-refractivity contribution >= 4 is 35.1 Å². The zero-order chi connectivity index (χ0) is 19.1. The van der Waals surface area contributed by atoms with Crippen LogP contribution >= 0.6 is 11.8 Å². The third kappa shape index (κ3) is 4.90. The molecular weight excluding hydrogens is 361 g/mol. The zero-order valence-corrected chi connectivity index (χ0v) is 14.4. The van der Waals surface area contributed by atoms with Crippen molar-refractivity contribution in [1.82, 2.24) is 9.97 Å². The minimum atomic E-state index is -0.692. The first-order valence-electron chi connectivity index (χ1n) is 7.45. The highest BCUT2D eigenvalue weighted by molar-refractivity contribution is 7.99. The number of carbonyl (C=O) groups is 2. The number of hydrogen-bond acceptors (Lipinski definition) is 6. The molecule has 0 saturated heterocycles. The number of nitrogens with zero attached hydrogens (tertiary/aromatic N) is 2. The monoisotopic (exact) mass is 375 g/mol. The molecule has 0 atom stereocenters. The van der Waals surface area contributed by atoms with E-state index >= 15 is 0 Å². The maximum absolute atomic E-state index is 13.0. The molecule has 2 amide bonds. The second-order valence-corrected chi connectivity index (χ2v) is 5.87. The van der Waals surface area contributed by atoms with Gasteiger partial charge in [-0.1, -0.05) is 18.7 Å². The molecule has 2 rings (SSSR count). The van der Waals surface area contributed by atoms with Crippen LogP contribution in [0.3, 0.4) is 0 Å². The number of hydrogen-bond donors (Lipinski definition) is 3. The van der Waals surface area contributed by atoms with Crippen LogP contribution < -0.4 is 16.2 Å². The summed E-state index contributed by atoms with van der Waals surface area (Å²) < 4.78 is 13.0. The van der Waals surface area contributed by atoms with Crippen molar-refractivity contribution in [3.8, 4) is 6.07 Å². The predicted octanol–water partition coefficient (Wildman–Crippen LogP) is 2.13. The third-order valence-electron chi connectivity index (χ3n) is 3.09. The molecule has 8 nitrogen and oxygen atoms in total. The molecule has 0 aliphatic rings. The number of benzene rings is 1. The number of nitriles is 1. The van der Waals surface area contributed by atoms with E-state index in [2.05, 4.69) is 20.6 Å². The van der Waals surface area contributed by atoms with Gasteiger partial charge in [-0.05, 0) is 24.3 Å². The number of aromatic nitrogens is 2. The number of halogens is 1. The molecule has 0 aliphatic carbocycles. The fourth-order valence-electron chi connectivity index (χ4n) is 1.84. The summed E-state index contributed by atoms with van der Waals surface area (Å²) in [5, 5.41) is 13.6. The smallest absolute Gasteiger partial charge is 0.277 e. The number of thioether (sulfide) groups is 1. The topological polar surface area (TPSA) is 128 Å². The largest absolute Gasteiger partial charge is 0.314 e. The Hall–Kier alpha value is -3.19. The molecule has 1 heterocycles. The lowest BCUT2D eigenvalue weighted by Crippen LogP contribution is -2.25. The lowest BCUT2D eigenvalue weighted by Gasteiger charge is -2.11. The van der Waals surface area contributed by atoms with Gasteiger partial charge in [0.05, 0.1) is 11.8 Å². The molecule has 0 aliphatic heterocycles. The van der Waals surface area contributed by atoms with E-state index in [1.54, 1.807) is 6.92 Å². The fourth-order valence-corrected chi connectivity index (χ4v) is 2.36. The van der Waals surface area contributed by atoms with Gasteiger partial charge in [-0.15, -0.1) is 0 Å². The van der Waals surface area contributed by atoms with E-state index in [1.165, 1.54) is 12.1 Å². The quantitative estimate of drug-likeness (QED) is 0.524.